The summed E-state index contributed by atoms with van der Waals surface area (Å²) in [7, 11) is -2.17. The maximum absolute atomic E-state index is 12.1. The molecule has 1 amide bonds. The summed E-state index contributed by atoms with van der Waals surface area (Å²) in [6.07, 6.45) is 1.66. The van der Waals surface area contributed by atoms with E-state index in [0.717, 1.165) is 5.39 Å². The second-order valence-electron chi connectivity index (χ2n) is 5.40. The number of para-hydroxylation sites is 1. The largest absolute Gasteiger partial charge is 0.481 e. The Balaban J connectivity index is 1.64. The average molecular weight is 371 g/mol. The Kier molecular flexibility index (Phi) is 5.15. The molecule has 0 bridgehead atoms. The van der Waals surface area contributed by atoms with Crippen LogP contribution >= 0.6 is 0 Å². The van der Waals surface area contributed by atoms with Crippen molar-refractivity contribution in [3.05, 3.63) is 60.8 Å². The third-order valence-electron chi connectivity index (χ3n) is 3.67. The van der Waals surface area contributed by atoms with Crippen molar-refractivity contribution < 1.29 is 17.9 Å². The minimum Gasteiger partial charge on any atom is -0.481 e. The fourth-order valence-corrected chi connectivity index (χ4v) is 3.10. The summed E-state index contributed by atoms with van der Waals surface area (Å²) in [5, 5.41) is 3.58. The van der Waals surface area contributed by atoms with Gasteiger partial charge in [0.15, 0.2) is 6.61 Å². The summed E-state index contributed by atoms with van der Waals surface area (Å²) in [4.78, 5) is 16.5. The minimum atomic E-state index is -3.50. The predicted molar refractivity (Wildman–Crippen MR) is 98.6 cm³/mol. The molecule has 0 saturated heterocycles. The molecule has 0 fully saturated rings. The molecule has 0 spiro atoms. The highest BCUT2D eigenvalue weighted by atomic mass is 32.2. The Morgan fingerprint density at radius 1 is 1.08 bits per heavy atom. The van der Waals surface area contributed by atoms with Gasteiger partial charge < -0.3 is 10.1 Å². The van der Waals surface area contributed by atoms with E-state index < -0.39 is 10.0 Å². The number of carbonyl (C=O) groups excluding carboxylic acids is 1. The number of ether oxygens (including phenoxy) is 1. The molecule has 0 saturated carbocycles. The van der Waals surface area contributed by atoms with E-state index in [0.29, 0.717) is 17.0 Å². The highest BCUT2D eigenvalue weighted by Gasteiger charge is 2.11. The normalized spacial score (nSPS) is 11.3. The molecule has 0 atom stereocenters. The molecule has 2 N–H and O–H groups in total. The zero-order chi connectivity index (χ0) is 18.6. The topological polar surface area (TPSA) is 97.4 Å². The SMILES string of the molecule is CNS(=O)(=O)c1ccc(NC(=O)COc2cccc3cccnc23)cc1. The first-order chi connectivity index (χ1) is 12.5. The van der Waals surface area contributed by atoms with Crippen molar-refractivity contribution in [3.63, 3.8) is 0 Å². The smallest absolute Gasteiger partial charge is 0.262 e. The van der Waals surface area contributed by atoms with E-state index in [-0.39, 0.29) is 17.4 Å². The Bertz CT molecular complexity index is 1030. The number of nitrogens with one attached hydrogen (secondary N) is 2. The first-order valence-corrected chi connectivity index (χ1v) is 9.28. The number of hydrogen-bond donors (Lipinski definition) is 2. The standard InChI is InChI=1S/C18H17N3O4S/c1-19-26(23,24)15-9-7-14(8-10-15)21-17(22)12-25-16-6-2-4-13-5-3-11-20-18(13)16/h2-11,19H,12H2,1H3,(H,21,22). The highest BCUT2D eigenvalue weighted by molar-refractivity contribution is 7.89. The van der Waals surface area contributed by atoms with E-state index in [1.54, 1.807) is 12.3 Å². The molecular weight excluding hydrogens is 354 g/mol. The van der Waals surface area contributed by atoms with Crippen LogP contribution in [-0.2, 0) is 14.8 Å². The van der Waals surface area contributed by atoms with Crippen LogP contribution in [0.25, 0.3) is 10.9 Å². The number of nitrogens with zero attached hydrogens (tertiary/aromatic N) is 1. The van der Waals surface area contributed by atoms with Crippen LogP contribution in [0.3, 0.4) is 0 Å². The van der Waals surface area contributed by atoms with Crippen LogP contribution in [0.4, 0.5) is 5.69 Å². The Morgan fingerprint density at radius 3 is 2.54 bits per heavy atom. The van der Waals surface area contributed by atoms with Crippen LogP contribution in [0.15, 0.2) is 65.7 Å². The van der Waals surface area contributed by atoms with E-state index in [2.05, 4.69) is 15.0 Å². The van der Waals surface area contributed by atoms with Crippen molar-refractivity contribution in [2.75, 3.05) is 19.0 Å². The number of amides is 1. The zero-order valence-corrected chi connectivity index (χ0v) is 14.8. The van der Waals surface area contributed by atoms with Gasteiger partial charge in [-0.3, -0.25) is 9.78 Å². The van der Waals surface area contributed by atoms with Gasteiger partial charge in [0.2, 0.25) is 10.0 Å². The summed E-state index contributed by atoms with van der Waals surface area (Å²) in [6, 6.07) is 15.1. The third kappa shape index (κ3) is 3.98. The van der Waals surface area contributed by atoms with E-state index in [1.807, 2.05) is 24.3 Å². The lowest BCUT2D eigenvalue weighted by Gasteiger charge is -2.10. The molecule has 0 unspecified atom stereocenters. The number of fused-ring (bicyclic) bond motifs is 1. The van der Waals surface area contributed by atoms with Gasteiger partial charge in [0.25, 0.3) is 5.91 Å². The molecule has 1 aromatic heterocycles. The number of rotatable bonds is 6. The molecule has 3 aromatic rings. The fraction of sp³-hybridized carbons (Fsp3) is 0.111. The summed E-state index contributed by atoms with van der Waals surface area (Å²) >= 11 is 0. The van der Waals surface area contributed by atoms with Crippen molar-refractivity contribution >= 4 is 32.5 Å². The van der Waals surface area contributed by atoms with E-state index in [9.17, 15) is 13.2 Å². The van der Waals surface area contributed by atoms with Gasteiger partial charge in [0, 0.05) is 17.3 Å². The maximum atomic E-state index is 12.1. The number of hydrogen-bond acceptors (Lipinski definition) is 5. The molecule has 1 heterocycles. The summed E-state index contributed by atoms with van der Waals surface area (Å²) < 4.78 is 31.2. The van der Waals surface area contributed by atoms with Crippen molar-refractivity contribution in [1.82, 2.24) is 9.71 Å². The Hall–Kier alpha value is -2.97. The quantitative estimate of drug-likeness (QED) is 0.692. The number of benzene rings is 2. The molecule has 26 heavy (non-hydrogen) atoms. The second kappa shape index (κ2) is 7.51. The predicted octanol–water partition coefficient (Wildman–Crippen LogP) is 2.16. The molecule has 0 aliphatic rings. The van der Waals surface area contributed by atoms with Crippen LogP contribution in [0.1, 0.15) is 0 Å². The van der Waals surface area contributed by atoms with Gasteiger partial charge >= 0.3 is 0 Å². The Morgan fingerprint density at radius 2 is 1.81 bits per heavy atom. The van der Waals surface area contributed by atoms with Crippen LogP contribution in [-0.4, -0.2) is 33.0 Å². The maximum Gasteiger partial charge on any atom is 0.262 e. The van der Waals surface area contributed by atoms with Crippen molar-refractivity contribution in [2.24, 2.45) is 0 Å². The van der Waals surface area contributed by atoms with E-state index >= 15 is 0 Å². The molecule has 2 aromatic carbocycles. The molecule has 0 radical (unpaired) electrons. The number of sulfonamides is 1. The van der Waals surface area contributed by atoms with E-state index in [4.69, 9.17) is 4.74 Å². The van der Waals surface area contributed by atoms with Crippen LogP contribution in [0.5, 0.6) is 5.75 Å². The van der Waals surface area contributed by atoms with Gasteiger partial charge in [-0.15, -0.1) is 0 Å². The molecule has 3 rings (SSSR count). The van der Waals surface area contributed by atoms with Crippen molar-refractivity contribution in [3.8, 4) is 5.75 Å². The van der Waals surface area contributed by atoms with Crippen molar-refractivity contribution in [1.29, 1.82) is 0 Å². The van der Waals surface area contributed by atoms with Gasteiger partial charge in [-0.2, -0.15) is 0 Å². The number of aromatic nitrogens is 1. The molecule has 8 heteroatoms. The van der Waals surface area contributed by atoms with E-state index in [1.165, 1.54) is 31.3 Å². The first-order valence-electron chi connectivity index (χ1n) is 7.79. The lowest BCUT2D eigenvalue weighted by Crippen LogP contribution is -2.21. The summed E-state index contributed by atoms with van der Waals surface area (Å²) in [5.41, 5.74) is 1.16. The molecular formula is C18H17N3O4S. The van der Waals surface area contributed by atoms with Gasteiger partial charge in [-0.25, -0.2) is 13.1 Å². The lowest BCUT2D eigenvalue weighted by atomic mass is 10.2. The second-order valence-corrected chi connectivity index (χ2v) is 7.29. The lowest BCUT2D eigenvalue weighted by molar-refractivity contribution is -0.118. The zero-order valence-electron chi connectivity index (χ0n) is 14.0. The van der Waals surface area contributed by atoms with Crippen LogP contribution in [0.2, 0.25) is 0 Å². The van der Waals surface area contributed by atoms with Crippen LogP contribution < -0.4 is 14.8 Å². The monoisotopic (exact) mass is 371 g/mol. The highest BCUT2D eigenvalue weighted by Crippen LogP contribution is 2.23. The fourth-order valence-electron chi connectivity index (χ4n) is 2.37. The molecule has 0 aliphatic heterocycles. The van der Waals surface area contributed by atoms with Gasteiger partial charge in [-0.05, 0) is 43.4 Å². The van der Waals surface area contributed by atoms with Crippen molar-refractivity contribution in [2.45, 2.75) is 4.90 Å². The number of pyridine rings is 1. The third-order valence-corrected chi connectivity index (χ3v) is 5.10. The Labute approximate surface area is 151 Å². The molecule has 7 nitrogen and oxygen atoms in total. The van der Waals surface area contributed by atoms with Gasteiger partial charge in [0.05, 0.1) is 4.90 Å². The molecule has 134 valence electrons. The van der Waals surface area contributed by atoms with Gasteiger partial charge in [-0.1, -0.05) is 18.2 Å². The summed E-state index contributed by atoms with van der Waals surface area (Å²) in [5.74, 6) is 0.163. The first kappa shape index (κ1) is 17.8. The summed E-state index contributed by atoms with van der Waals surface area (Å²) in [6.45, 7) is -0.188. The minimum absolute atomic E-state index is 0.121. The van der Waals surface area contributed by atoms with Crippen LogP contribution in [0, 0.1) is 0 Å². The number of carbonyl (C=O) groups is 1. The van der Waals surface area contributed by atoms with Gasteiger partial charge in [0.1, 0.15) is 11.3 Å². The average Bonchev–Trinajstić information content (AvgIpc) is 2.66. The molecule has 0 aliphatic carbocycles. The number of anilines is 1.